The molecule has 0 aromatic carbocycles. The molecule has 1 aliphatic carbocycles. The Labute approximate surface area is 126 Å². The summed E-state index contributed by atoms with van der Waals surface area (Å²) in [4.78, 5) is 23.3. The van der Waals surface area contributed by atoms with Crippen molar-refractivity contribution < 1.29 is 28.5 Å². The number of alkyl halides is 1. The minimum absolute atomic E-state index is 0.0458. The fourth-order valence-corrected chi connectivity index (χ4v) is 3.75. The highest BCUT2D eigenvalue weighted by molar-refractivity contribution is 6.19. The zero-order chi connectivity index (χ0) is 15.2. The SMILES string of the molecule is CNC(=O)OC1OC=C(C(=O)OC)C2CC3OC3(CCl)C12. The van der Waals surface area contributed by atoms with E-state index in [0.29, 0.717) is 12.0 Å². The number of esters is 1. The minimum atomic E-state index is -0.838. The molecule has 0 aromatic heterocycles. The molecular formula is C13H16ClNO6. The number of amides is 1. The molecule has 8 heteroatoms. The Morgan fingerprint density at radius 3 is 2.95 bits per heavy atom. The molecule has 3 rings (SSSR count). The van der Waals surface area contributed by atoms with Gasteiger partial charge in [0.15, 0.2) is 0 Å². The maximum absolute atomic E-state index is 11.8. The Balaban J connectivity index is 1.89. The Bertz CT molecular complexity index is 505. The Morgan fingerprint density at radius 1 is 1.57 bits per heavy atom. The van der Waals surface area contributed by atoms with Gasteiger partial charge in [-0.3, -0.25) is 0 Å². The third-order valence-corrected chi connectivity index (χ3v) is 4.81. The molecule has 2 aliphatic heterocycles. The lowest BCUT2D eigenvalue weighted by Crippen LogP contribution is -2.46. The van der Waals surface area contributed by atoms with Crippen molar-refractivity contribution in [2.75, 3.05) is 20.0 Å². The second-order valence-electron chi connectivity index (χ2n) is 5.29. The predicted octanol–water partition coefficient (Wildman–Crippen LogP) is 0.768. The van der Waals surface area contributed by atoms with Gasteiger partial charge in [-0.1, -0.05) is 0 Å². The molecule has 0 radical (unpaired) electrons. The summed E-state index contributed by atoms with van der Waals surface area (Å²) in [6.07, 6.45) is 0.454. The Hall–Kier alpha value is -1.47. The first kappa shape index (κ1) is 14.5. The monoisotopic (exact) mass is 317 g/mol. The van der Waals surface area contributed by atoms with Gasteiger partial charge in [-0.2, -0.15) is 0 Å². The van der Waals surface area contributed by atoms with Crippen LogP contribution in [0.25, 0.3) is 0 Å². The second kappa shape index (κ2) is 5.06. The number of nitrogens with one attached hydrogen (secondary N) is 1. The van der Waals surface area contributed by atoms with Crippen molar-refractivity contribution >= 4 is 23.7 Å². The summed E-state index contributed by atoms with van der Waals surface area (Å²) in [6.45, 7) is 0. The molecule has 1 N–H and O–H groups in total. The summed E-state index contributed by atoms with van der Waals surface area (Å²) in [6, 6.07) is 0. The van der Waals surface area contributed by atoms with Crippen LogP contribution in [-0.4, -0.2) is 50.1 Å². The average molecular weight is 318 g/mol. The first-order chi connectivity index (χ1) is 10.1. The number of rotatable bonds is 3. The highest BCUT2D eigenvalue weighted by atomic mass is 35.5. The number of alkyl carbamates (subject to hydrolysis) is 1. The number of carbonyl (C=O) groups is 2. The quantitative estimate of drug-likeness (QED) is 0.470. The molecule has 0 spiro atoms. The fourth-order valence-electron chi connectivity index (χ4n) is 3.33. The van der Waals surface area contributed by atoms with E-state index in [9.17, 15) is 9.59 Å². The molecule has 21 heavy (non-hydrogen) atoms. The van der Waals surface area contributed by atoms with Crippen LogP contribution in [0.4, 0.5) is 4.79 Å². The van der Waals surface area contributed by atoms with E-state index in [1.165, 1.54) is 20.4 Å². The summed E-state index contributed by atoms with van der Waals surface area (Å²) in [7, 11) is 2.77. The van der Waals surface area contributed by atoms with Crippen molar-refractivity contribution in [1.82, 2.24) is 5.32 Å². The van der Waals surface area contributed by atoms with E-state index in [1.54, 1.807) is 0 Å². The minimum Gasteiger partial charge on any atom is -0.466 e. The third kappa shape index (κ3) is 2.06. The maximum atomic E-state index is 11.8. The van der Waals surface area contributed by atoms with Gasteiger partial charge in [-0.15, -0.1) is 11.6 Å². The summed E-state index contributed by atoms with van der Waals surface area (Å²) < 4.78 is 21.1. The highest BCUT2D eigenvalue weighted by Gasteiger charge is 2.73. The molecule has 5 atom stereocenters. The summed E-state index contributed by atoms with van der Waals surface area (Å²) >= 11 is 6.04. The first-order valence-electron chi connectivity index (χ1n) is 6.63. The van der Waals surface area contributed by atoms with E-state index in [1.807, 2.05) is 0 Å². The molecule has 2 fully saturated rings. The number of ether oxygens (including phenoxy) is 4. The first-order valence-corrected chi connectivity index (χ1v) is 7.16. The van der Waals surface area contributed by atoms with E-state index in [2.05, 4.69) is 5.32 Å². The van der Waals surface area contributed by atoms with Crippen LogP contribution in [0, 0.1) is 11.8 Å². The van der Waals surface area contributed by atoms with Gasteiger partial charge in [0.05, 0.1) is 36.8 Å². The summed E-state index contributed by atoms with van der Waals surface area (Å²) in [5, 5.41) is 2.37. The topological polar surface area (TPSA) is 86.4 Å². The summed E-state index contributed by atoms with van der Waals surface area (Å²) in [5.74, 6) is -0.672. The largest absolute Gasteiger partial charge is 0.466 e. The van der Waals surface area contributed by atoms with Crippen molar-refractivity contribution in [3.8, 4) is 0 Å². The number of carbonyl (C=O) groups excluding carboxylic acids is 2. The Morgan fingerprint density at radius 2 is 2.33 bits per heavy atom. The normalized spacial score (nSPS) is 39.3. The number of halogens is 1. The van der Waals surface area contributed by atoms with Crippen LogP contribution in [-0.2, 0) is 23.7 Å². The molecule has 0 aromatic rings. The van der Waals surface area contributed by atoms with Crippen LogP contribution < -0.4 is 5.32 Å². The smallest absolute Gasteiger partial charge is 0.409 e. The van der Waals surface area contributed by atoms with E-state index < -0.39 is 24.0 Å². The predicted molar refractivity (Wildman–Crippen MR) is 70.4 cm³/mol. The van der Waals surface area contributed by atoms with Crippen molar-refractivity contribution in [2.45, 2.75) is 24.4 Å². The standard InChI is InChI=1S/C13H16ClNO6/c1-15-12(17)20-11-9-6(3-8-13(9,5-14)21-8)7(4-19-11)10(16)18-2/h4,6,8-9,11H,3,5H2,1-2H3,(H,15,17). The van der Waals surface area contributed by atoms with E-state index >= 15 is 0 Å². The molecule has 1 amide bonds. The van der Waals surface area contributed by atoms with Gasteiger partial charge < -0.3 is 24.3 Å². The lowest BCUT2D eigenvalue weighted by molar-refractivity contribution is -0.150. The van der Waals surface area contributed by atoms with Crippen LogP contribution >= 0.6 is 11.6 Å². The van der Waals surface area contributed by atoms with Gasteiger partial charge in [-0.05, 0) is 6.42 Å². The van der Waals surface area contributed by atoms with Gasteiger partial charge >= 0.3 is 12.1 Å². The lowest BCUT2D eigenvalue weighted by Gasteiger charge is -2.36. The van der Waals surface area contributed by atoms with Crippen molar-refractivity contribution in [2.24, 2.45) is 11.8 Å². The van der Waals surface area contributed by atoms with Crippen LogP contribution in [0.2, 0.25) is 0 Å². The number of hydrogen-bond donors (Lipinski definition) is 1. The molecule has 1 saturated heterocycles. The Kier molecular flexibility index (Phi) is 3.49. The number of epoxide rings is 1. The zero-order valence-corrected chi connectivity index (χ0v) is 12.4. The zero-order valence-electron chi connectivity index (χ0n) is 11.6. The molecule has 5 unspecified atom stereocenters. The van der Waals surface area contributed by atoms with Crippen molar-refractivity contribution in [3.05, 3.63) is 11.8 Å². The number of methoxy groups -OCH3 is 1. The second-order valence-corrected chi connectivity index (χ2v) is 5.55. The summed E-state index contributed by atoms with van der Waals surface area (Å²) in [5.41, 5.74) is -0.169. The van der Waals surface area contributed by atoms with E-state index in [-0.39, 0.29) is 23.8 Å². The van der Waals surface area contributed by atoms with Crippen LogP contribution in [0.1, 0.15) is 6.42 Å². The van der Waals surface area contributed by atoms with Crippen LogP contribution in [0.3, 0.4) is 0 Å². The van der Waals surface area contributed by atoms with Gasteiger partial charge in [0.1, 0.15) is 5.60 Å². The van der Waals surface area contributed by atoms with Crippen molar-refractivity contribution in [3.63, 3.8) is 0 Å². The fraction of sp³-hybridized carbons (Fsp3) is 0.692. The van der Waals surface area contributed by atoms with Crippen molar-refractivity contribution in [1.29, 1.82) is 0 Å². The number of hydrogen-bond acceptors (Lipinski definition) is 6. The molecule has 2 heterocycles. The third-order valence-electron chi connectivity index (χ3n) is 4.39. The molecule has 3 aliphatic rings. The molecule has 116 valence electrons. The lowest BCUT2D eigenvalue weighted by atomic mass is 9.82. The molecule has 7 nitrogen and oxygen atoms in total. The molecule has 0 bridgehead atoms. The van der Waals surface area contributed by atoms with E-state index in [0.717, 1.165) is 0 Å². The van der Waals surface area contributed by atoms with Gasteiger partial charge in [-0.25, -0.2) is 9.59 Å². The molecular weight excluding hydrogens is 302 g/mol. The van der Waals surface area contributed by atoms with Crippen LogP contribution in [0.5, 0.6) is 0 Å². The van der Waals surface area contributed by atoms with Gasteiger partial charge in [0, 0.05) is 13.0 Å². The average Bonchev–Trinajstić information content (AvgIpc) is 3.11. The molecule has 1 saturated carbocycles. The maximum Gasteiger partial charge on any atom is 0.409 e. The van der Waals surface area contributed by atoms with Gasteiger partial charge in [0.25, 0.3) is 6.29 Å². The van der Waals surface area contributed by atoms with E-state index in [4.69, 9.17) is 30.5 Å². The highest BCUT2D eigenvalue weighted by Crippen LogP contribution is 2.61. The van der Waals surface area contributed by atoms with Gasteiger partial charge in [0.2, 0.25) is 0 Å². The van der Waals surface area contributed by atoms with Crippen LogP contribution in [0.15, 0.2) is 11.8 Å². The number of fused-ring (bicyclic) bond motifs is 3.